The zero-order valence-corrected chi connectivity index (χ0v) is 31.5. The van der Waals surface area contributed by atoms with Gasteiger partial charge < -0.3 is 0 Å². The topological polar surface area (TPSA) is 38.7 Å². The fraction of sp³-hybridized carbons (Fsp3) is 0. The summed E-state index contributed by atoms with van der Waals surface area (Å²) in [5.74, 6) is 0.680. The predicted molar refractivity (Wildman–Crippen MR) is 242 cm³/mol. The number of benzene rings is 9. The Morgan fingerprint density at radius 3 is 1.52 bits per heavy atom. The maximum absolute atomic E-state index is 5.22. The molecule has 2 heterocycles. The fourth-order valence-electron chi connectivity index (χ4n) is 8.46. The van der Waals surface area contributed by atoms with Crippen LogP contribution in [0.2, 0.25) is 0 Å². The van der Waals surface area contributed by atoms with Crippen molar-refractivity contribution in [2.75, 3.05) is 0 Å². The zero-order valence-electron chi connectivity index (χ0n) is 31.5. The van der Waals surface area contributed by atoms with E-state index < -0.39 is 0 Å². The molecule has 11 rings (SSSR count). The van der Waals surface area contributed by atoms with Crippen molar-refractivity contribution < 1.29 is 0 Å². The molecular weight excluding hydrogens is 703 g/mol. The molecule has 58 heavy (non-hydrogen) atoms. The SMILES string of the molecule is c1cncc(-c2cccc(-c3cc(-c4ccc(-c5cccc6ccccc56)cc4)nc(-c4ccc(-c5ccc6c7ccccc7c7ccccc7c6c5)cc4)n3)c2)c1. The van der Waals surface area contributed by atoms with Crippen molar-refractivity contribution in [3.05, 3.63) is 213 Å². The Kier molecular flexibility index (Phi) is 8.15. The molecule has 0 aliphatic carbocycles. The van der Waals surface area contributed by atoms with Crippen LogP contribution in [-0.2, 0) is 0 Å². The molecule has 0 amide bonds. The molecule has 11 aromatic rings. The van der Waals surface area contributed by atoms with Crippen LogP contribution in [0.3, 0.4) is 0 Å². The normalized spacial score (nSPS) is 11.4. The first-order valence-electron chi connectivity index (χ1n) is 19.7. The zero-order chi connectivity index (χ0) is 38.4. The third-order valence-electron chi connectivity index (χ3n) is 11.4. The monoisotopic (exact) mass is 737 g/mol. The smallest absolute Gasteiger partial charge is 0.160 e. The molecule has 0 N–H and O–H groups in total. The van der Waals surface area contributed by atoms with Gasteiger partial charge in [-0.15, -0.1) is 0 Å². The first-order chi connectivity index (χ1) is 28.7. The van der Waals surface area contributed by atoms with E-state index in [1.165, 1.54) is 59.8 Å². The highest BCUT2D eigenvalue weighted by molar-refractivity contribution is 6.25. The van der Waals surface area contributed by atoms with Gasteiger partial charge in [0.25, 0.3) is 0 Å². The molecule has 0 fully saturated rings. The molecular formula is C55H35N3. The van der Waals surface area contributed by atoms with Gasteiger partial charge in [-0.25, -0.2) is 9.97 Å². The Balaban J connectivity index is 1.00. The summed E-state index contributed by atoms with van der Waals surface area (Å²) in [6, 6.07) is 71.4. The number of nitrogens with zero attached hydrogens (tertiary/aromatic N) is 3. The molecule has 2 aromatic heterocycles. The molecule has 0 unspecified atom stereocenters. The van der Waals surface area contributed by atoms with E-state index in [1.54, 1.807) is 6.20 Å². The Morgan fingerprint density at radius 1 is 0.276 bits per heavy atom. The van der Waals surface area contributed by atoms with Gasteiger partial charge >= 0.3 is 0 Å². The van der Waals surface area contributed by atoms with Crippen LogP contribution in [0.4, 0.5) is 0 Å². The number of hydrogen-bond acceptors (Lipinski definition) is 3. The number of pyridine rings is 1. The largest absolute Gasteiger partial charge is 0.264 e. The maximum atomic E-state index is 5.22. The molecule has 9 aromatic carbocycles. The number of hydrogen-bond donors (Lipinski definition) is 0. The molecule has 270 valence electrons. The number of fused-ring (bicyclic) bond motifs is 7. The third-order valence-corrected chi connectivity index (χ3v) is 11.4. The van der Waals surface area contributed by atoms with Crippen molar-refractivity contribution in [2.24, 2.45) is 0 Å². The van der Waals surface area contributed by atoms with Crippen molar-refractivity contribution in [2.45, 2.75) is 0 Å². The average molecular weight is 738 g/mol. The van der Waals surface area contributed by atoms with Gasteiger partial charge in [0, 0.05) is 34.6 Å². The molecule has 0 atom stereocenters. The van der Waals surface area contributed by atoms with Gasteiger partial charge in [-0.05, 0) is 95.2 Å². The van der Waals surface area contributed by atoms with Crippen LogP contribution in [0.1, 0.15) is 0 Å². The lowest BCUT2D eigenvalue weighted by molar-refractivity contribution is 1.18. The second kappa shape index (κ2) is 14.1. The van der Waals surface area contributed by atoms with Crippen molar-refractivity contribution in [3.63, 3.8) is 0 Å². The highest BCUT2D eigenvalue weighted by Crippen LogP contribution is 2.38. The summed E-state index contributed by atoms with van der Waals surface area (Å²) in [6.07, 6.45) is 3.70. The van der Waals surface area contributed by atoms with E-state index in [2.05, 4.69) is 199 Å². The van der Waals surface area contributed by atoms with E-state index in [1.807, 2.05) is 12.3 Å². The van der Waals surface area contributed by atoms with Crippen LogP contribution in [-0.4, -0.2) is 15.0 Å². The minimum atomic E-state index is 0.680. The van der Waals surface area contributed by atoms with Crippen LogP contribution in [0.15, 0.2) is 213 Å². The molecule has 0 radical (unpaired) electrons. The van der Waals surface area contributed by atoms with E-state index in [0.717, 1.165) is 44.8 Å². The summed E-state index contributed by atoms with van der Waals surface area (Å²) >= 11 is 0. The molecule has 0 spiro atoms. The first-order valence-corrected chi connectivity index (χ1v) is 19.7. The van der Waals surface area contributed by atoms with Crippen LogP contribution < -0.4 is 0 Å². The Hall–Kier alpha value is -7.75. The minimum absolute atomic E-state index is 0.680. The Morgan fingerprint density at radius 2 is 0.793 bits per heavy atom. The standard InChI is InChI=1S/C55H35N3/c1-2-15-45-37(10-1)11-8-20-46(45)38-23-25-39(26-24-38)53-34-54(43-13-7-12-41(32-43)44-14-9-31-56-35-44)58-55(57-53)40-27-21-36(22-28-40)42-29-30-51-49-18-4-3-16-47(49)48-17-5-6-19-50(48)52(51)33-42/h1-35H. The summed E-state index contributed by atoms with van der Waals surface area (Å²) in [4.78, 5) is 14.8. The summed E-state index contributed by atoms with van der Waals surface area (Å²) in [5.41, 5.74) is 11.6. The summed E-state index contributed by atoms with van der Waals surface area (Å²) in [7, 11) is 0. The van der Waals surface area contributed by atoms with Crippen LogP contribution in [0.25, 0.3) is 110 Å². The first kappa shape index (κ1) is 33.6. The lowest BCUT2D eigenvalue weighted by Crippen LogP contribution is -1.96. The molecule has 0 saturated heterocycles. The van der Waals surface area contributed by atoms with Gasteiger partial charge in [-0.3, -0.25) is 4.98 Å². The van der Waals surface area contributed by atoms with E-state index in [0.29, 0.717) is 5.82 Å². The highest BCUT2D eigenvalue weighted by Gasteiger charge is 2.14. The molecule has 0 aliphatic rings. The van der Waals surface area contributed by atoms with E-state index >= 15 is 0 Å². The van der Waals surface area contributed by atoms with E-state index in [4.69, 9.17) is 9.97 Å². The highest BCUT2D eigenvalue weighted by atomic mass is 14.9. The average Bonchev–Trinajstić information content (AvgIpc) is 3.31. The lowest BCUT2D eigenvalue weighted by atomic mass is 9.92. The predicted octanol–water partition coefficient (Wildman–Crippen LogP) is 14.5. The molecule has 0 saturated carbocycles. The van der Waals surface area contributed by atoms with E-state index in [9.17, 15) is 0 Å². The van der Waals surface area contributed by atoms with Gasteiger partial charge in [-0.2, -0.15) is 0 Å². The third kappa shape index (κ3) is 5.98. The second-order valence-electron chi connectivity index (χ2n) is 14.8. The van der Waals surface area contributed by atoms with E-state index in [-0.39, 0.29) is 0 Å². The Bertz CT molecular complexity index is 3270. The fourth-order valence-corrected chi connectivity index (χ4v) is 8.46. The van der Waals surface area contributed by atoms with Gasteiger partial charge in [-0.1, -0.05) is 176 Å². The summed E-state index contributed by atoms with van der Waals surface area (Å²) < 4.78 is 0. The van der Waals surface area contributed by atoms with Crippen LogP contribution in [0.5, 0.6) is 0 Å². The minimum Gasteiger partial charge on any atom is -0.264 e. The van der Waals surface area contributed by atoms with Crippen molar-refractivity contribution >= 4 is 43.1 Å². The summed E-state index contributed by atoms with van der Waals surface area (Å²) in [5, 5.41) is 10.1. The Labute approximate surface area is 336 Å². The van der Waals surface area contributed by atoms with Gasteiger partial charge in [0.1, 0.15) is 0 Å². The number of aromatic nitrogens is 3. The molecule has 3 nitrogen and oxygen atoms in total. The second-order valence-corrected chi connectivity index (χ2v) is 14.8. The summed E-state index contributed by atoms with van der Waals surface area (Å²) in [6.45, 7) is 0. The number of rotatable bonds is 6. The molecule has 0 bridgehead atoms. The lowest BCUT2D eigenvalue weighted by Gasteiger charge is -2.13. The quantitative estimate of drug-likeness (QED) is 0.160. The molecule has 3 heteroatoms. The maximum Gasteiger partial charge on any atom is 0.160 e. The van der Waals surface area contributed by atoms with Crippen LogP contribution in [0, 0.1) is 0 Å². The van der Waals surface area contributed by atoms with Crippen molar-refractivity contribution in [1.82, 2.24) is 15.0 Å². The van der Waals surface area contributed by atoms with Gasteiger partial charge in [0.05, 0.1) is 11.4 Å². The van der Waals surface area contributed by atoms with Gasteiger partial charge in [0.2, 0.25) is 0 Å². The van der Waals surface area contributed by atoms with Crippen LogP contribution >= 0.6 is 0 Å². The van der Waals surface area contributed by atoms with Gasteiger partial charge in [0.15, 0.2) is 5.82 Å². The van der Waals surface area contributed by atoms with Crippen molar-refractivity contribution in [1.29, 1.82) is 0 Å². The molecule has 0 aliphatic heterocycles. The van der Waals surface area contributed by atoms with Crippen molar-refractivity contribution in [3.8, 4) is 67.3 Å².